The molecule has 1 unspecified atom stereocenters. The van der Waals surface area contributed by atoms with Gasteiger partial charge in [0, 0.05) is 0 Å². The Balaban J connectivity index is 0.00000225. The normalized spacial score (nSPS) is 9.19. The molecular weight excluding hydrogens is 313 g/mol. The summed E-state index contributed by atoms with van der Waals surface area (Å²) in [5.41, 5.74) is 1.39. The second-order valence-corrected chi connectivity index (χ2v) is 4.24. The van der Waals surface area contributed by atoms with Gasteiger partial charge in [0.15, 0.2) is 0 Å². The van der Waals surface area contributed by atoms with Crippen LogP contribution in [0, 0.1) is 6.92 Å². The van der Waals surface area contributed by atoms with Gasteiger partial charge >= 0.3 is 5.97 Å². The molecule has 0 aliphatic heterocycles. The Labute approximate surface area is 110 Å². The highest BCUT2D eigenvalue weighted by Gasteiger charge is 2.17. The predicted octanol–water partition coefficient (Wildman–Crippen LogP) is 2.23. The standard InChI is InChI=1S/C9H10BrNO3S.H3P/c1-5-4-15-8(9(13)14-2)7(5)11-6(12)3-10;/h4H,3H2,1-2H3,(H,11,12);1H3. The predicted molar refractivity (Wildman–Crippen MR) is 73.9 cm³/mol. The first kappa shape index (κ1) is 15.6. The average Bonchev–Trinajstić information content (AvgIpc) is 2.59. The molecule has 1 rings (SSSR count). The van der Waals surface area contributed by atoms with Crippen molar-refractivity contribution < 1.29 is 14.3 Å². The number of rotatable bonds is 3. The lowest BCUT2D eigenvalue weighted by atomic mass is 10.2. The van der Waals surface area contributed by atoms with E-state index in [2.05, 4.69) is 26.0 Å². The van der Waals surface area contributed by atoms with Crippen molar-refractivity contribution in [2.24, 2.45) is 0 Å². The van der Waals surface area contributed by atoms with E-state index < -0.39 is 5.97 Å². The van der Waals surface area contributed by atoms with Crippen LogP contribution in [0.3, 0.4) is 0 Å². The number of aryl methyl sites for hydroxylation is 1. The van der Waals surface area contributed by atoms with Crippen molar-refractivity contribution in [3.63, 3.8) is 0 Å². The van der Waals surface area contributed by atoms with E-state index in [1.54, 1.807) is 5.38 Å². The Morgan fingerprint density at radius 2 is 2.19 bits per heavy atom. The summed E-state index contributed by atoms with van der Waals surface area (Å²) in [7, 11) is 1.31. The van der Waals surface area contributed by atoms with Gasteiger partial charge in [-0.3, -0.25) is 4.79 Å². The molecule has 0 aliphatic rings. The van der Waals surface area contributed by atoms with E-state index in [1.807, 2.05) is 6.92 Å². The van der Waals surface area contributed by atoms with Crippen LogP contribution >= 0.6 is 37.2 Å². The highest BCUT2D eigenvalue weighted by molar-refractivity contribution is 9.09. The fraction of sp³-hybridized carbons (Fsp3) is 0.333. The molecule has 4 nitrogen and oxygen atoms in total. The van der Waals surface area contributed by atoms with Gasteiger partial charge in [-0.15, -0.1) is 11.3 Å². The molecule has 0 aliphatic carbocycles. The Morgan fingerprint density at radius 3 is 2.69 bits per heavy atom. The number of alkyl halides is 1. The maximum atomic E-state index is 11.3. The van der Waals surface area contributed by atoms with E-state index in [9.17, 15) is 9.59 Å². The van der Waals surface area contributed by atoms with Crippen LogP contribution in [0.15, 0.2) is 5.38 Å². The summed E-state index contributed by atoms with van der Waals surface area (Å²) in [4.78, 5) is 23.0. The van der Waals surface area contributed by atoms with E-state index >= 15 is 0 Å². The highest BCUT2D eigenvalue weighted by Crippen LogP contribution is 2.28. The molecule has 1 amide bonds. The van der Waals surface area contributed by atoms with Gasteiger partial charge in [-0.25, -0.2) is 4.79 Å². The van der Waals surface area contributed by atoms with Crippen LogP contribution in [-0.4, -0.2) is 24.3 Å². The number of hydrogen-bond donors (Lipinski definition) is 1. The van der Waals surface area contributed by atoms with Crippen LogP contribution in [0.2, 0.25) is 0 Å². The first-order valence-electron chi connectivity index (χ1n) is 4.12. The fourth-order valence-electron chi connectivity index (χ4n) is 1.02. The van der Waals surface area contributed by atoms with Gasteiger partial charge in [-0.1, -0.05) is 15.9 Å². The van der Waals surface area contributed by atoms with Crippen LogP contribution in [0.1, 0.15) is 15.2 Å². The molecule has 0 saturated heterocycles. The number of anilines is 1. The number of esters is 1. The first-order valence-corrected chi connectivity index (χ1v) is 6.12. The van der Waals surface area contributed by atoms with E-state index in [0.29, 0.717) is 10.6 Å². The molecular formula is C9H13BrNO3PS. The van der Waals surface area contributed by atoms with Gasteiger partial charge in [-0.05, 0) is 17.9 Å². The molecule has 0 radical (unpaired) electrons. The van der Waals surface area contributed by atoms with Crippen molar-refractivity contribution in [3.8, 4) is 0 Å². The molecule has 1 heterocycles. The lowest BCUT2D eigenvalue weighted by Crippen LogP contribution is -2.15. The smallest absolute Gasteiger partial charge is 0.350 e. The molecule has 7 heteroatoms. The van der Waals surface area contributed by atoms with Gasteiger partial charge < -0.3 is 10.1 Å². The summed E-state index contributed by atoms with van der Waals surface area (Å²) in [6, 6.07) is 0. The molecule has 0 fully saturated rings. The van der Waals surface area contributed by atoms with Crippen molar-refractivity contribution in [1.82, 2.24) is 0 Å². The minimum absolute atomic E-state index is 0. The Kier molecular flexibility index (Phi) is 6.79. The van der Waals surface area contributed by atoms with E-state index in [1.165, 1.54) is 18.4 Å². The van der Waals surface area contributed by atoms with Crippen LogP contribution < -0.4 is 5.32 Å². The van der Waals surface area contributed by atoms with E-state index in [-0.39, 0.29) is 21.1 Å². The van der Waals surface area contributed by atoms with E-state index in [4.69, 9.17) is 0 Å². The Bertz CT molecular complexity index is 394. The summed E-state index contributed by atoms with van der Waals surface area (Å²) < 4.78 is 4.61. The lowest BCUT2D eigenvalue weighted by Gasteiger charge is -2.04. The van der Waals surface area contributed by atoms with Gasteiger partial charge in [-0.2, -0.15) is 9.90 Å². The number of methoxy groups -OCH3 is 1. The number of hydrogen-bond acceptors (Lipinski definition) is 4. The van der Waals surface area contributed by atoms with Crippen molar-refractivity contribution >= 4 is 54.7 Å². The third-order valence-corrected chi connectivity index (χ3v) is 3.32. The van der Waals surface area contributed by atoms with Crippen molar-refractivity contribution in [3.05, 3.63) is 15.8 Å². The lowest BCUT2D eigenvalue weighted by molar-refractivity contribution is -0.113. The van der Waals surface area contributed by atoms with Crippen molar-refractivity contribution in [2.45, 2.75) is 6.92 Å². The van der Waals surface area contributed by atoms with Gasteiger partial charge in [0.25, 0.3) is 0 Å². The van der Waals surface area contributed by atoms with Crippen LogP contribution in [0.5, 0.6) is 0 Å². The van der Waals surface area contributed by atoms with Crippen molar-refractivity contribution in [1.29, 1.82) is 0 Å². The maximum absolute atomic E-state index is 11.3. The summed E-state index contributed by atoms with van der Waals surface area (Å²) in [6.45, 7) is 1.83. The number of amides is 1. The van der Waals surface area contributed by atoms with Crippen molar-refractivity contribution in [2.75, 3.05) is 17.8 Å². The molecule has 16 heavy (non-hydrogen) atoms. The van der Waals surface area contributed by atoms with Gasteiger partial charge in [0.2, 0.25) is 5.91 Å². The number of carbonyl (C=O) groups excluding carboxylic acids is 2. The van der Waals surface area contributed by atoms with Crippen LogP contribution in [0.4, 0.5) is 5.69 Å². The maximum Gasteiger partial charge on any atom is 0.350 e. The number of carbonyl (C=O) groups is 2. The number of ether oxygens (including phenoxy) is 1. The molecule has 1 aromatic heterocycles. The summed E-state index contributed by atoms with van der Waals surface area (Å²) in [6.07, 6.45) is 0. The minimum atomic E-state index is -0.432. The molecule has 90 valence electrons. The molecule has 0 bridgehead atoms. The zero-order valence-electron chi connectivity index (χ0n) is 9.00. The van der Waals surface area contributed by atoms with Gasteiger partial charge in [0.1, 0.15) is 4.88 Å². The average molecular weight is 326 g/mol. The molecule has 0 saturated carbocycles. The Morgan fingerprint density at radius 1 is 1.56 bits per heavy atom. The van der Waals surface area contributed by atoms with Crippen LogP contribution in [-0.2, 0) is 9.53 Å². The zero-order valence-corrected chi connectivity index (χ0v) is 12.8. The SMILES string of the molecule is COC(=O)c1scc(C)c1NC(=O)CBr.P. The fourth-order valence-corrected chi connectivity index (χ4v) is 2.08. The largest absolute Gasteiger partial charge is 0.465 e. The Hall–Kier alpha value is -0.450. The van der Waals surface area contributed by atoms with Gasteiger partial charge in [0.05, 0.1) is 18.1 Å². The number of thiophene rings is 1. The second kappa shape index (κ2) is 6.99. The number of halogens is 1. The first-order chi connectivity index (χ1) is 7.10. The molecule has 1 aromatic rings. The number of nitrogens with one attached hydrogen (secondary N) is 1. The second-order valence-electron chi connectivity index (χ2n) is 2.80. The summed E-state index contributed by atoms with van der Waals surface area (Å²) in [5.74, 6) is -0.625. The van der Waals surface area contributed by atoms with E-state index in [0.717, 1.165) is 5.56 Å². The summed E-state index contributed by atoms with van der Waals surface area (Å²) in [5, 5.41) is 4.65. The molecule has 1 N–H and O–H groups in total. The monoisotopic (exact) mass is 325 g/mol. The topological polar surface area (TPSA) is 55.4 Å². The third-order valence-electron chi connectivity index (χ3n) is 1.73. The molecule has 0 aromatic carbocycles. The quantitative estimate of drug-likeness (QED) is 0.526. The summed E-state index contributed by atoms with van der Waals surface area (Å²) >= 11 is 4.30. The third kappa shape index (κ3) is 3.54. The molecule has 1 atom stereocenters. The molecule has 0 spiro atoms. The highest BCUT2D eigenvalue weighted by atomic mass is 79.9. The van der Waals surface area contributed by atoms with Crippen LogP contribution in [0.25, 0.3) is 0 Å². The minimum Gasteiger partial charge on any atom is -0.465 e. The zero-order chi connectivity index (χ0) is 11.4.